The van der Waals surface area contributed by atoms with Crippen molar-refractivity contribution in [3.8, 4) is 11.8 Å². The molecular formula is C10H7BrF3NO3. The zero-order valence-electron chi connectivity index (χ0n) is 8.65. The molecule has 0 aliphatic rings. The molecule has 0 bridgehead atoms. The van der Waals surface area contributed by atoms with Gasteiger partial charge < -0.3 is 14.9 Å². The summed E-state index contributed by atoms with van der Waals surface area (Å²) < 4.78 is 40.5. The predicted octanol–water partition coefficient (Wildman–Crippen LogP) is 2.27. The molecule has 0 heterocycles. The Kier molecular flexibility index (Phi) is 4.56. The van der Waals surface area contributed by atoms with E-state index in [0.717, 1.165) is 12.1 Å². The van der Waals surface area contributed by atoms with Gasteiger partial charge in [-0.2, -0.15) is 5.26 Å². The quantitative estimate of drug-likeness (QED) is 0.836. The van der Waals surface area contributed by atoms with E-state index in [1.165, 1.54) is 12.1 Å². The maximum atomic E-state index is 12.2. The van der Waals surface area contributed by atoms with Crippen LogP contribution in [0.1, 0.15) is 11.7 Å². The van der Waals surface area contributed by atoms with Gasteiger partial charge in [-0.1, -0.05) is 22.0 Å². The summed E-state index contributed by atoms with van der Waals surface area (Å²) in [5.74, 6) is -0.682. The largest absolute Gasteiger partial charge is 0.573 e. The number of aliphatic hydroxyl groups excluding tert-OH is 2. The van der Waals surface area contributed by atoms with Crippen LogP contribution in [0.4, 0.5) is 13.2 Å². The van der Waals surface area contributed by atoms with E-state index in [0.29, 0.717) is 4.47 Å². The topological polar surface area (TPSA) is 73.5 Å². The van der Waals surface area contributed by atoms with E-state index in [9.17, 15) is 18.3 Å². The first-order chi connectivity index (χ1) is 8.24. The number of alkyl halides is 3. The molecular weight excluding hydrogens is 319 g/mol. The Bertz CT molecular complexity index is 472. The molecule has 0 saturated carbocycles. The normalized spacial score (nSPS) is 14.7. The standard InChI is InChI=1S/C10H7BrF3NO3/c11-5-1-2-6(9(17)7(16)4-15)8(3-5)18-10(12,13)14/h1-3,7,9,16-17H. The SMILES string of the molecule is N#CC(O)C(O)c1ccc(Br)cc1OC(F)(F)F. The van der Waals surface area contributed by atoms with Crippen LogP contribution < -0.4 is 4.74 Å². The number of halogens is 4. The van der Waals surface area contributed by atoms with Crippen LogP contribution in [0.2, 0.25) is 0 Å². The van der Waals surface area contributed by atoms with Crippen LogP contribution in [0.25, 0.3) is 0 Å². The minimum atomic E-state index is -4.94. The van der Waals surface area contributed by atoms with Crippen molar-refractivity contribution in [1.29, 1.82) is 5.26 Å². The summed E-state index contributed by atoms with van der Waals surface area (Å²) in [6.07, 6.45) is -8.57. The number of nitriles is 1. The number of hydrogen-bond donors (Lipinski definition) is 2. The molecule has 18 heavy (non-hydrogen) atoms. The van der Waals surface area contributed by atoms with Crippen LogP contribution in [-0.4, -0.2) is 22.7 Å². The summed E-state index contributed by atoms with van der Waals surface area (Å²) in [6.45, 7) is 0. The average Bonchev–Trinajstić information content (AvgIpc) is 2.25. The molecule has 0 aromatic heterocycles. The first-order valence-electron chi connectivity index (χ1n) is 4.55. The molecule has 8 heteroatoms. The molecule has 0 radical (unpaired) electrons. The molecule has 2 unspecified atom stereocenters. The highest BCUT2D eigenvalue weighted by molar-refractivity contribution is 9.10. The number of hydrogen-bond acceptors (Lipinski definition) is 4. The Morgan fingerprint density at radius 3 is 2.44 bits per heavy atom. The number of ether oxygens (including phenoxy) is 1. The molecule has 2 atom stereocenters. The third-order valence-electron chi connectivity index (χ3n) is 1.95. The highest BCUT2D eigenvalue weighted by Crippen LogP contribution is 2.33. The van der Waals surface area contributed by atoms with Gasteiger partial charge in [-0.3, -0.25) is 0 Å². The third-order valence-corrected chi connectivity index (χ3v) is 2.44. The molecule has 0 spiro atoms. The molecule has 0 aliphatic carbocycles. The van der Waals surface area contributed by atoms with Crippen LogP contribution in [0.15, 0.2) is 22.7 Å². The minimum Gasteiger partial charge on any atom is -0.405 e. The van der Waals surface area contributed by atoms with E-state index in [2.05, 4.69) is 20.7 Å². The van der Waals surface area contributed by atoms with Crippen molar-refractivity contribution in [2.24, 2.45) is 0 Å². The van der Waals surface area contributed by atoms with Crippen molar-refractivity contribution >= 4 is 15.9 Å². The highest BCUT2D eigenvalue weighted by Gasteiger charge is 2.33. The van der Waals surface area contributed by atoms with Crippen LogP contribution in [0, 0.1) is 11.3 Å². The van der Waals surface area contributed by atoms with E-state index in [1.54, 1.807) is 0 Å². The van der Waals surface area contributed by atoms with E-state index >= 15 is 0 Å². The lowest BCUT2D eigenvalue weighted by Gasteiger charge is -2.18. The van der Waals surface area contributed by atoms with Crippen LogP contribution in [-0.2, 0) is 0 Å². The minimum absolute atomic E-state index is 0.296. The second-order valence-corrected chi connectivity index (χ2v) is 4.16. The Morgan fingerprint density at radius 1 is 1.33 bits per heavy atom. The van der Waals surface area contributed by atoms with Crippen molar-refractivity contribution < 1.29 is 28.1 Å². The Morgan fingerprint density at radius 2 is 1.94 bits per heavy atom. The number of benzene rings is 1. The number of rotatable bonds is 3. The summed E-state index contributed by atoms with van der Waals surface area (Å²) in [4.78, 5) is 0. The monoisotopic (exact) mass is 325 g/mol. The summed E-state index contributed by atoms with van der Waals surface area (Å²) in [7, 11) is 0. The highest BCUT2D eigenvalue weighted by atomic mass is 79.9. The molecule has 4 nitrogen and oxygen atoms in total. The number of aliphatic hydroxyl groups is 2. The lowest BCUT2D eigenvalue weighted by molar-refractivity contribution is -0.275. The molecule has 1 aromatic rings. The van der Waals surface area contributed by atoms with Gasteiger partial charge in [-0.15, -0.1) is 13.2 Å². The molecule has 1 rings (SSSR count). The summed E-state index contributed by atoms with van der Waals surface area (Å²) in [6, 6.07) is 4.78. The smallest absolute Gasteiger partial charge is 0.405 e. The maximum Gasteiger partial charge on any atom is 0.573 e. The Hall–Kier alpha value is -1.30. The molecule has 0 fully saturated rings. The molecule has 1 aromatic carbocycles. The fourth-order valence-electron chi connectivity index (χ4n) is 1.21. The zero-order chi connectivity index (χ0) is 13.9. The van der Waals surface area contributed by atoms with Crippen molar-refractivity contribution in [2.75, 3.05) is 0 Å². The van der Waals surface area contributed by atoms with E-state index < -0.39 is 24.3 Å². The molecule has 98 valence electrons. The molecule has 0 aliphatic heterocycles. The van der Waals surface area contributed by atoms with E-state index in [-0.39, 0.29) is 5.56 Å². The van der Waals surface area contributed by atoms with Gasteiger partial charge >= 0.3 is 6.36 Å². The predicted molar refractivity (Wildman–Crippen MR) is 57.4 cm³/mol. The molecule has 0 amide bonds. The Balaban J connectivity index is 3.16. The van der Waals surface area contributed by atoms with Crippen molar-refractivity contribution in [3.05, 3.63) is 28.2 Å². The second-order valence-electron chi connectivity index (χ2n) is 3.25. The summed E-state index contributed by atoms with van der Waals surface area (Å²) >= 11 is 2.95. The zero-order valence-corrected chi connectivity index (χ0v) is 10.2. The maximum absolute atomic E-state index is 12.2. The van der Waals surface area contributed by atoms with Crippen LogP contribution in [0.3, 0.4) is 0 Å². The third kappa shape index (κ3) is 3.87. The summed E-state index contributed by atoms with van der Waals surface area (Å²) in [5, 5.41) is 27.0. The van der Waals surface area contributed by atoms with Gasteiger partial charge in [-0.25, -0.2) is 0 Å². The van der Waals surface area contributed by atoms with Crippen molar-refractivity contribution in [1.82, 2.24) is 0 Å². The summed E-state index contributed by atoms with van der Waals surface area (Å²) in [5.41, 5.74) is -0.329. The first kappa shape index (κ1) is 14.8. The van der Waals surface area contributed by atoms with Gasteiger partial charge in [0.1, 0.15) is 11.9 Å². The average molecular weight is 326 g/mol. The number of nitrogens with zero attached hydrogens (tertiary/aromatic N) is 1. The van der Waals surface area contributed by atoms with Crippen LogP contribution >= 0.6 is 15.9 Å². The van der Waals surface area contributed by atoms with Crippen molar-refractivity contribution in [2.45, 2.75) is 18.6 Å². The lowest BCUT2D eigenvalue weighted by Crippen LogP contribution is -2.21. The Labute approximate surface area is 108 Å². The van der Waals surface area contributed by atoms with Gasteiger partial charge in [0, 0.05) is 10.0 Å². The lowest BCUT2D eigenvalue weighted by atomic mass is 10.0. The molecule has 0 saturated heterocycles. The fourth-order valence-corrected chi connectivity index (χ4v) is 1.55. The van der Waals surface area contributed by atoms with Gasteiger partial charge in [0.25, 0.3) is 0 Å². The van der Waals surface area contributed by atoms with Gasteiger partial charge in [0.05, 0.1) is 6.07 Å². The second kappa shape index (κ2) is 5.56. The molecule has 2 N–H and O–H groups in total. The van der Waals surface area contributed by atoms with Gasteiger partial charge in [0.15, 0.2) is 6.10 Å². The van der Waals surface area contributed by atoms with Gasteiger partial charge in [-0.05, 0) is 12.1 Å². The first-order valence-corrected chi connectivity index (χ1v) is 5.35. The fraction of sp³-hybridized carbons (Fsp3) is 0.300. The van der Waals surface area contributed by atoms with E-state index in [1.807, 2.05) is 0 Å². The van der Waals surface area contributed by atoms with Crippen LogP contribution in [0.5, 0.6) is 5.75 Å². The van der Waals surface area contributed by atoms with E-state index in [4.69, 9.17) is 10.4 Å². The van der Waals surface area contributed by atoms with Crippen molar-refractivity contribution in [3.63, 3.8) is 0 Å². The van der Waals surface area contributed by atoms with Gasteiger partial charge in [0.2, 0.25) is 0 Å².